The molecule has 0 amide bonds. The van der Waals surface area contributed by atoms with E-state index in [1.807, 2.05) is 0 Å². The molecule has 14 heteroatoms. The van der Waals surface area contributed by atoms with Gasteiger partial charge >= 0.3 is 5.97 Å². The molecule has 5 heterocycles. The van der Waals surface area contributed by atoms with Gasteiger partial charge in [-0.1, -0.05) is 0 Å². The van der Waals surface area contributed by atoms with Crippen LogP contribution in [0.25, 0.3) is 21.5 Å². The van der Waals surface area contributed by atoms with E-state index in [4.69, 9.17) is 24.2 Å². The largest absolute Gasteiger partial charge is 0.480 e. The lowest BCUT2D eigenvalue weighted by Gasteiger charge is -2.30. The van der Waals surface area contributed by atoms with Crippen molar-refractivity contribution in [2.24, 2.45) is 5.92 Å². The summed E-state index contributed by atoms with van der Waals surface area (Å²) in [4.78, 5) is 32.0. The fraction of sp³-hybridized carbons (Fsp3) is 0.538. The maximum atomic E-state index is 12.0. The van der Waals surface area contributed by atoms with Gasteiger partial charge < -0.3 is 19.1 Å². The molecule has 2 aliphatic heterocycles. The minimum absolute atomic E-state index is 0.0549. The highest BCUT2D eigenvalue weighted by atomic mass is 32.2. The quantitative estimate of drug-likeness (QED) is 0.388. The normalized spacial score (nSPS) is 17.2. The van der Waals surface area contributed by atoms with Crippen molar-refractivity contribution in [1.82, 2.24) is 19.9 Å². The molecule has 2 saturated heterocycles. The average molecular weight is 591 g/mol. The molecule has 3 aromatic heterocycles. The number of rotatable bonds is 8. The van der Waals surface area contributed by atoms with Crippen LogP contribution in [0.3, 0.4) is 0 Å². The van der Waals surface area contributed by atoms with Crippen LogP contribution in [-0.4, -0.2) is 94.1 Å². The summed E-state index contributed by atoms with van der Waals surface area (Å²) in [6.07, 6.45) is 4.26. The third-order valence-electron chi connectivity index (χ3n) is 7.23. The number of aromatic nitrogens is 3. The summed E-state index contributed by atoms with van der Waals surface area (Å²) < 4.78 is 43.3. The number of thiophene rings is 1. The molecule has 0 radical (unpaired) electrons. The number of piperidine rings is 1. The molecule has 0 spiro atoms. The molecule has 1 N–H and O–H groups in total. The maximum Gasteiger partial charge on any atom is 0.308 e. The Bertz CT molecular complexity index is 1500. The van der Waals surface area contributed by atoms with Crippen molar-refractivity contribution >= 4 is 49.2 Å². The van der Waals surface area contributed by atoms with E-state index in [0.717, 1.165) is 52.8 Å². The van der Waals surface area contributed by atoms with Crippen molar-refractivity contribution in [3.63, 3.8) is 0 Å². The van der Waals surface area contributed by atoms with Gasteiger partial charge in [0.25, 0.3) is 0 Å². The zero-order valence-corrected chi connectivity index (χ0v) is 24.7. The first kappa shape index (κ1) is 28.5. The fourth-order valence-electron chi connectivity index (χ4n) is 5.14. The first-order valence-electron chi connectivity index (χ1n) is 13.1. The van der Waals surface area contributed by atoms with Gasteiger partial charge in [0.1, 0.15) is 5.69 Å². The number of nitrogens with zero attached hydrogens (tertiary/aromatic N) is 5. The van der Waals surface area contributed by atoms with Crippen LogP contribution >= 0.6 is 11.3 Å². The first-order valence-corrected chi connectivity index (χ1v) is 15.8. The third kappa shape index (κ3) is 6.14. The Morgan fingerprint density at radius 2 is 1.90 bits per heavy atom. The minimum atomic E-state index is -3.56. The summed E-state index contributed by atoms with van der Waals surface area (Å²) in [6, 6.07) is 1.70. The van der Waals surface area contributed by atoms with E-state index < -0.39 is 10.0 Å². The molecule has 0 aromatic carbocycles. The Hall–Kier alpha value is -3.07. The van der Waals surface area contributed by atoms with Gasteiger partial charge in [-0.2, -0.15) is 0 Å². The zero-order chi connectivity index (χ0) is 28.4. The van der Waals surface area contributed by atoms with E-state index in [0.29, 0.717) is 50.1 Å². The van der Waals surface area contributed by atoms with Crippen molar-refractivity contribution < 1.29 is 27.4 Å². The smallest absolute Gasteiger partial charge is 0.308 e. The number of carbonyl (C=O) groups is 1. The number of sulfonamides is 1. The van der Waals surface area contributed by atoms with Crippen molar-refractivity contribution in [1.29, 1.82) is 0 Å². The third-order valence-corrected chi connectivity index (χ3v) is 8.96. The molecule has 216 valence electrons. The Morgan fingerprint density at radius 3 is 2.55 bits per heavy atom. The van der Waals surface area contributed by atoms with Gasteiger partial charge in [-0.25, -0.2) is 23.4 Å². The monoisotopic (exact) mass is 590 g/mol. The van der Waals surface area contributed by atoms with Gasteiger partial charge in [0, 0.05) is 41.8 Å². The van der Waals surface area contributed by atoms with E-state index in [2.05, 4.69) is 26.4 Å². The topological polar surface area (TPSA) is 136 Å². The SMILES string of the molecule is COC(=O)C1CCN(Cc2c(C)sc3c(-c4cnc(OC)c(NS(C)(=O)=O)c4)nc(N4CCOCC4)nc23)CC1. The minimum Gasteiger partial charge on any atom is -0.480 e. The van der Waals surface area contributed by atoms with Crippen molar-refractivity contribution in [2.45, 2.75) is 26.3 Å². The molecule has 3 aromatic rings. The van der Waals surface area contributed by atoms with Gasteiger partial charge in [0.2, 0.25) is 21.9 Å². The lowest BCUT2D eigenvalue weighted by Crippen LogP contribution is -2.37. The lowest BCUT2D eigenvalue weighted by molar-refractivity contribution is -0.147. The number of anilines is 2. The summed E-state index contributed by atoms with van der Waals surface area (Å²) in [7, 11) is -0.679. The molecule has 12 nitrogen and oxygen atoms in total. The summed E-state index contributed by atoms with van der Waals surface area (Å²) in [5.41, 5.74) is 3.58. The standard InChI is InChI=1S/C26H34N6O6S2/c1-16-19(15-31-7-5-17(6-8-31)25(33)37-3)22-23(39-16)21(28-26(29-22)32-9-11-38-12-10-32)18-13-20(30-40(4,34)35)24(36-2)27-14-18/h13-14,17,30H,5-12,15H2,1-4H3. The number of hydrogen-bond acceptors (Lipinski definition) is 12. The Balaban J connectivity index is 1.57. The number of likely N-dealkylation sites (tertiary alicyclic amines) is 1. The number of pyridine rings is 1. The van der Waals surface area contributed by atoms with E-state index in [9.17, 15) is 13.2 Å². The number of methoxy groups -OCH3 is 2. The van der Waals surface area contributed by atoms with Gasteiger partial charge in [-0.3, -0.25) is 14.4 Å². The van der Waals surface area contributed by atoms with Gasteiger partial charge in [-0.15, -0.1) is 11.3 Å². The van der Waals surface area contributed by atoms with Crippen LogP contribution < -0.4 is 14.4 Å². The highest BCUT2D eigenvalue weighted by Crippen LogP contribution is 2.40. The van der Waals surface area contributed by atoms with Crippen LogP contribution in [0.1, 0.15) is 23.3 Å². The molecule has 0 saturated carbocycles. The number of nitrogens with one attached hydrogen (secondary N) is 1. The predicted molar refractivity (Wildman–Crippen MR) is 153 cm³/mol. The fourth-order valence-corrected chi connectivity index (χ4v) is 6.80. The summed E-state index contributed by atoms with van der Waals surface area (Å²) in [6.45, 7) is 6.92. The van der Waals surface area contributed by atoms with Crippen molar-refractivity contribution in [2.75, 3.05) is 69.5 Å². The van der Waals surface area contributed by atoms with Gasteiger partial charge in [0.05, 0.1) is 55.5 Å². The van der Waals surface area contributed by atoms with Crippen LogP contribution in [0.2, 0.25) is 0 Å². The predicted octanol–water partition coefficient (Wildman–Crippen LogP) is 2.66. The van der Waals surface area contributed by atoms with Crippen LogP contribution in [0.15, 0.2) is 12.3 Å². The van der Waals surface area contributed by atoms with Crippen LogP contribution in [0, 0.1) is 12.8 Å². The van der Waals surface area contributed by atoms with Crippen LogP contribution in [0.4, 0.5) is 11.6 Å². The van der Waals surface area contributed by atoms with E-state index >= 15 is 0 Å². The second-order valence-corrected chi connectivity index (χ2v) is 13.0. The number of hydrogen-bond donors (Lipinski definition) is 1. The molecule has 0 aliphatic carbocycles. The number of fused-ring (bicyclic) bond motifs is 1. The molecular weight excluding hydrogens is 556 g/mol. The Labute approximate surface area is 237 Å². The molecule has 40 heavy (non-hydrogen) atoms. The summed E-state index contributed by atoms with van der Waals surface area (Å²) >= 11 is 1.62. The number of ether oxygens (including phenoxy) is 3. The van der Waals surface area contributed by atoms with E-state index in [1.54, 1.807) is 23.6 Å². The number of morpholine rings is 1. The lowest BCUT2D eigenvalue weighted by atomic mass is 9.96. The molecule has 2 fully saturated rings. The first-order chi connectivity index (χ1) is 19.2. The van der Waals surface area contributed by atoms with Crippen molar-refractivity contribution in [3.05, 3.63) is 22.7 Å². The Kier molecular flexibility index (Phi) is 8.40. The molecule has 2 aliphatic rings. The zero-order valence-electron chi connectivity index (χ0n) is 23.1. The number of esters is 1. The highest BCUT2D eigenvalue weighted by Gasteiger charge is 2.28. The molecular formula is C26H34N6O6S2. The summed E-state index contributed by atoms with van der Waals surface area (Å²) in [5.74, 6) is 0.580. The molecule has 0 bridgehead atoms. The van der Waals surface area contributed by atoms with Gasteiger partial charge in [0.15, 0.2) is 0 Å². The van der Waals surface area contributed by atoms with E-state index in [-0.39, 0.29) is 23.5 Å². The van der Waals surface area contributed by atoms with Crippen LogP contribution in [0.5, 0.6) is 5.88 Å². The number of carbonyl (C=O) groups excluding carboxylic acids is 1. The average Bonchev–Trinajstić information content (AvgIpc) is 3.26. The second kappa shape index (κ2) is 11.8. The summed E-state index contributed by atoms with van der Waals surface area (Å²) in [5, 5.41) is 0. The van der Waals surface area contributed by atoms with Crippen LogP contribution in [-0.2, 0) is 30.8 Å². The van der Waals surface area contributed by atoms with Crippen molar-refractivity contribution in [3.8, 4) is 17.1 Å². The van der Waals surface area contributed by atoms with E-state index in [1.165, 1.54) is 14.2 Å². The second-order valence-electron chi connectivity index (χ2n) is 10.0. The number of aryl methyl sites for hydroxylation is 1. The molecule has 5 rings (SSSR count). The highest BCUT2D eigenvalue weighted by molar-refractivity contribution is 7.92. The van der Waals surface area contributed by atoms with Gasteiger partial charge in [-0.05, 0) is 38.9 Å². The molecule has 0 atom stereocenters. The Morgan fingerprint density at radius 1 is 1.18 bits per heavy atom. The maximum absolute atomic E-state index is 12.0. The molecule has 0 unspecified atom stereocenters.